The van der Waals surface area contributed by atoms with Crippen LogP contribution < -0.4 is 5.32 Å². The highest BCUT2D eigenvalue weighted by Gasteiger charge is 2.04. The molecular formula is C16H17ClN4. The molecule has 0 spiro atoms. The van der Waals surface area contributed by atoms with Crippen molar-refractivity contribution in [2.45, 2.75) is 19.5 Å². The Hall–Kier alpha value is -1.91. The molecule has 0 unspecified atom stereocenters. The second-order valence-electron chi connectivity index (χ2n) is 4.96. The van der Waals surface area contributed by atoms with Gasteiger partial charge in [0.15, 0.2) is 0 Å². The molecule has 0 bridgehead atoms. The lowest BCUT2D eigenvalue weighted by Gasteiger charge is -2.08. The number of nitrogens with one attached hydrogen (secondary N) is 1. The standard InChI is InChI=1S/C16H17ClN4/c17-16-14(10-13-4-1-2-5-15(13)20-16)11-18-6-3-8-21-9-7-19-12-21/h1-2,4-5,7,9-10,12,18H,3,6,8,11H2. The van der Waals surface area contributed by atoms with Crippen molar-refractivity contribution < 1.29 is 0 Å². The predicted octanol–water partition coefficient (Wildman–Crippen LogP) is 3.26. The monoisotopic (exact) mass is 300 g/mol. The van der Waals surface area contributed by atoms with Crippen molar-refractivity contribution in [2.75, 3.05) is 6.54 Å². The van der Waals surface area contributed by atoms with E-state index in [1.165, 1.54) is 0 Å². The summed E-state index contributed by atoms with van der Waals surface area (Å²) in [5.74, 6) is 0. The second-order valence-corrected chi connectivity index (χ2v) is 5.32. The normalized spacial score (nSPS) is 11.1. The minimum absolute atomic E-state index is 0.579. The average Bonchev–Trinajstić information content (AvgIpc) is 3.00. The van der Waals surface area contributed by atoms with Gasteiger partial charge < -0.3 is 9.88 Å². The molecule has 108 valence electrons. The van der Waals surface area contributed by atoms with E-state index in [2.05, 4.69) is 32.0 Å². The molecule has 2 aromatic heterocycles. The van der Waals surface area contributed by atoms with E-state index >= 15 is 0 Å². The summed E-state index contributed by atoms with van der Waals surface area (Å²) in [4.78, 5) is 8.45. The van der Waals surface area contributed by atoms with Crippen LogP contribution in [0.25, 0.3) is 10.9 Å². The minimum Gasteiger partial charge on any atom is -0.337 e. The van der Waals surface area contributed by atoms with Gasteiger partial charge in [-0.1, -0.05) is 29.8 Å². The summed E-state index contributed by atoms with van der Waals surface area (Å²) in [5, 5.41) is 5.11. The number of hydrogen-bond acceptors (Lipinski definition) is 3. The van der Waals surface area contributed by atoms with E-state index < -0.39 is 0 Å². The zero-order valence-electron chi connectivity index (χ0n) is 11.7. The minimum atomic E-state index is 0.579. The first kappa shape index (κ1) is 14.0. The maximum absolute atomic E-state index is 6.23. The molecule has 0 aliphatic carbocycles. The molecule has 0 fully saturated rings. The number of halogens is 1. The predicted molar refractivity (Wildman–Crippen MR) is 85.3 cm³/mol. The summed E-state index contributed by atoms with van der Waals surface area (Å²) in [7, 11) is 0. The van der Waals surface area contributed by atoms with Crippen molar-refractivity contribution >= 4 is 22.5 Å². The van der Waals surface area contributed by atoms with Crippen molar-refractivity contribution in [3.05, 3.63) is 59.8 Å². The smallest absolute Gasteiger partial charge is 0.134 e. The molecule has 0 aliphatic rings. The average molecular weight is 301 g/mol. The van der Waals surface area contributed by atoms with E-state index in [1.807, 2.05) is 30.7 Å². The zero-order valence-corrected chi connectivity index (χ0v) is 12.4. The third kappa shape index (κ3) is 3.60. The first-order valence-corrected chi connectivity index (χ1v) is 7.41. The van der Waals surface area contributed by atoms with E-state index in [0.717, 1.165) is 42.5 Å². The summed E-state index contributed by atoms with van der Waals surface area (Å²) in [5.41, 5.74) is 1.98. The number of imidazole rings is 1. The topological polar surface area (TPSA) is 42.7 Å². The van der Waals surface area contributed by atoms with Gasteiger partial charge in [0, 0.05) is 36.4 Å². The van der Waals surface area contributed by atoms with Crippen LogP contribution in [-0.2, 0) is 13.1 Å². The largest absolute Gasteiger partial charge is 0.337 e. The quantitative estimate of drug-likeness (QED) is 0.561. The van der Waals surface area contributed by atoms with E-state index in [1.54, 1.807) is 6.20 Å². The van der Waals surface area contributed by atoms with Gasteiger partial charge in [0.1, 0.15) is 5.15 Å². The van der Waals surface area contributed by atoms with Gasteiger partial charge in [-0.2, -0.15) is 0 Å². The molecule has 1 N–H and O–H groups in total. The first-order chi connectivity index (χ1) is 10.3. The van der Waals surface area contributed by atoms with Crippen LogP contribution in [0.15, 0.2) is 49.1 Å². The van der Waals surface area contributed by atoms with Crippen molar-refractivity contribution in [3.63, 3.8) is 0 Å². The Bertz CT molecular complexity index is 709. The second kappa shape index (κ2) is 6.70. The molecule has 0 aliphatic heterocycles. The van der Waals surface area contributed by atoms with Gasteiger partial charge in [0.25, 0.3) is 0 Å². The van der Waals surface area contributed by atoms with Crippen LogP contribution >= 0.6 is 11.6 Å². The molecular weight excluding hydrogens is 284 g/mol. The van der Waals surface area contributed by atoms with Crippen LogP contribution in [0, 0.1) is 0 Å². The Morgan fingerprint density at radius 1 is 1.24 bits per heavy atom. The van der Waals surface area contributed by atoms with Crippen LogP contribution in [0.3, 0.4) is 0 Å². The SMILES string of the molecule is Clc1nc2ccccc2cc1CNCCCn1ccnc1. The van der Waals surface area contributed by atoms with Crippen LogP contribution in [0.1, 0.15) is 12.0 Å². The fraction of sp³-hybridized carbons (Fsp3) is 0.250. The number of para-hydroxylation sites is 1. The summed E-state index contributed by atoms with van der Waals surface area (Å²) in [6.07, 6.45) is 6.66. The fourth-order valence-corrected chi connectivity index (χ4v) is 2.50. The van der Waals surface area contributed by atoms with Crippen molar-refractivity contribution in [1.29, 1.82) is 0 Å². The molecule has 1 aromatic carbocycles. The van der Waals surface area contributed by atoms with E-state index in [-0.39, 0.29) is 0 Å². The lowest BCUT2D eigenvalue weighted by molar-refractivity contribution is 0.580. The van der Waals surface area contributed by atoms with Gasteiger partial charge in [-0.05, 0) is 25.1 Å². The van der Waals surface area contributed by atoms with Gasteiger partial charge >= 0.3 is 0 Å². The number of aromatic nitrogens is 3. The third-order valence-electron chi connectivity index (χ3n) is 3.39. The number of hydrogen-bond donors (Lipinski definition) is 1. The Morgan fingerprint density at radius 2 is 2.14 bits per heavy atom. The molecule has 3 aromatic rings. The Kier molecular flexibility index (Phi) is 4.48. The Labute approximate surface area is 128 Å². The highest BCUT2D eigenvalue weighted by molar-refractivity contribution is 6.30. The van der Waals surface area contributed by atoms with Crippen LogP contribution in [-0.4, -0.2) is 21.1 Å². The Morgan fingerprint density at radius 3 is 3.00 bits per heavy atom. The van der Waals surface area contributed by atoms with E-state index in [9.17, 15) is 0 Å². The Balaban J connectivity index is 1.54. The molecule has 0 atom stereocenters. The summed E-state index contributed by atoms with van der Waals surface area (Å²) in [6, 6.07) is 10.1. The van der Waals surface area contributed by atoms with Crippen LogP contribution in [0.2, 0.25) is 5.15 Å². The van der Waals surface area contributed by atoms with Crippen molar-refractivity contribution in [3.8, 4) is 0 Å². The molecule has 2 heterocycles. The van der Waals surface area contributed by atoms with Gasteiger partial charge in [-0.3, -0.25) is 0 Å². The van der Waals surface area contributed by atoms with Crippen molar-refractivity contribution in [2.24, 2.45) is 0 Å². The molecule has 3 rings (SSSR count). The molecule has 0 amide bonds. The first-order valence-electron chi connectivity index (χ1n) is 7.03. The fourth-order valence-electron chi connectivity index (χ4n) is 2.29. The summed E-state index contributed by atoms with van der Waals surface area (Å²) >= 11 is 6.23. The van der Waals surface area contributed by atoms with Crippen LogP contribution in [0.4, 0.5) is 0 Å². The maximum atomic E-state index is 6.23. The number of pyridine rings is 1. The van der Waals surface area contributed by atoms with Gasteiger partial charge in [-0.15, -0.1) is 0 Å². The molecule has 0 saturated carbocycles. The lowest BCUT2D eigenvalue weighted by atomic mass is 10.1. The van der Waals surface area contributed by atoms with Crippen LogP contribution in [0.5, 0.6) is 0 Å². The number of nitrogens with zero attached hydrogens (tertiary/aromatic N) is 3. The lowest BCUT2D eigenvalue weighted by Crippen LogP contribution is -2.16. The highest BCUT2D eigenvalue weighted by atomic mass is 35.5. The van der Waals surface area contributed by atoms with Gasteiger partial charge in [0.2, 0.25) is 0 Å². The zero-order chi connectivity index (χ0) is 14.5. The molecule has 0 saturated heterocycles. The number of fused-ring (bicyclic) bond motifs is 1. The molecule has 21 heavy (non-hydrogen) atoms. The summed E-state index contributed by atoms with van der Waals surface area (Å²) < 4.78 is 2.08. The van der Waals surface area contributed by atoms with Gasteiger partial charge in [0.05, 0.1) is 11.8 Å². The number of aryl methyl sites for hydroxylation is 1. The number of rotatable bonds is 6. The highest BCUT2D eigenvalue weighted by Crippen LogP contribution is 2.20. The molecule has 0 radical (unpaired) electrons. The maximum Gasteiger partial charge on any atom is 0.134 e. The van der Waals surface area contributed by atoms with E-state index in [0.29, 0.717) is 5.15 Å². The summed E-state index contributed by atoms with van der Waals surface area (Å²) in [6.45, 7) is 2.64. The van der Waals surface area contributed by atoms with Crippen molar-refractivity contribution in [1.82, 2.24) is 19.9 Å². The van der Waals surface area contributed by atoms with E-state index in [4.69, 9.17) is 11.6 Å². The molecule has 5 heteroatoms. The molecule has 4 nitrogen and oxygen atoms in total. The number of benzene rings is 1. The third-order valence-corrected chi connectivity index (χ3v) is 3.72. The van der Waals surface area contributed by atoms with Gasteiger partial charge in [-0.25, -0.2) is 9.97 Å².